The highest BCUT2D eigenvalue weighted by Gasteiger charge is 2.42. The van der Waals surface area contributed by atoms with E-state index in [9.17, 15) is 13.2 Å². The zero-order valence-electron chi connectivity index (χ0n) is 14.1. The molecule has 4 rings (SSSR count). The van der Waals surface area contributed by atoms with E-state index in [0.29, 0.717) is 43.6 Å². The van der Waals surface area contributed by atoms with Gasteiger partial charge in [0.1, 0.15) is 15.9 Å². The SMILES string of the molecule is O=C1NCCOCCN(S(=O)(=O)c2cccc3nsnc23)C2CCCC12. The maximum absolute atomic E-state index is 13.5. The number of sulfonamides is 1. The highest BCUT2D eigenvalue weighted by Crippen LogP contribution is 2.35. The number of amides is 1. The number of hydrogen-bond acceptors (Lipinski definition) is 7. The zero-order valence-corrected chi connectivity index (χ0v) is 15.8. The average molecular weight is 396 g/mol. The molecule has 1 N–H and O–H groups in total. The lowest BCUT2D eigenvalue weighted by Crippen LogP contribution is -2.49. The third kappa shape index (κ3) is 3.11. The molecule has 140 valence electrons. The van der Waals surface area contributed by atoms with Gasteiger partial charge in [-0.25, -0.2) is 8.42 Å². The molecule has 10 heteroatoms. The molecular weight excluding hydrogens is 376 g/mol. The van der Waals surface area contributed by atoms with Crippen molar-refractivity contribution in [3.8, 4) is 0 Å². The number of nitrogens with zero attached hydrogens (tertiary/aromatic N) is 3. The van der Waals surface area contributed by atoms with Gasteiger partial charge in [-0.15, -0.1) is 0 Å². The van der Waals surface area contributed by atoms with Crippen LogP contribution in [-0.2, 0) is 19.6 Å². The van der Waals surface area contributed by atoms with Crippen LogP contribution in [0.4, 0.5) is 0 Å². The van der Waals surface area contributed by atoms with Crippen LogP contribution in [0, 0.1) is 5.92 Å². The van der Waals surface area contributed by atoms with Crippen molar-refractivity contribution < 1.29 is 17.9 Å². The Balaban J connectivity index is 1.76. The maximum Gasteiger partial charge on any atom is 0.245 e. The molecule has 1 aliphatic heterocycles. The van der Waals surface area contributed by atoms with Crippen molar-refractivity contribution in [2.75, 3.05) is 26.3 Å². The highest BCUT2D eigenvalue weighted by atomic mass is 32.2. The summed E-state index contributed by atoms with van der Waals surface area (Å²) in [7, 11) is -3.83. The first kappa shape index (κ1) is 17.8. The Morgan fingerprint density at radius 1 is 1.23 bits per heavy atom. The van der Waals surface area contributed by atoms with Gasteiger partial charge in [0.2, 0.25) is 15.9 Å². The molecule has 2 atom stereocenters. The molecule has 0 bridgehead atoms. The van der Waals surface area contributed by atoms with Crippen molar-refractivity contribution in [1.82, 2.24) is 18.4 Å². The van der Waals surface area contributed by atoms with Crippen LogP contribution in [-0.4, -0.2) is 59.7 Å². The normalized spacial score (nSPS) is 25.8. The standard InChI is InChI=1S/C16H20N4O4S2/c21-16-11-3-1-5-13(11)20(8-10-24-9-7-17-16)26(22,23)14-6-2-4-12-15(14)19-25-18-12/h2,4,6,11,13H,1,3,5,7-10H2,(H,17,21). The number of nitrogens with one attached hydrogen (secondary N) is 1. The van der Waals surface area contributed by atoms with Gasteiger partial charge in [0, 0.05) is 19.1 Å². The third-order valence-corrected chi connectivity index (χ3v) is 7.52. The van der Waals surface area contributed by atoms with E-state index in [2.05, 4.69) is 14.1 Å². The van der Waals surface area contributed by atoms with Gasteiger partial charge in [0.05, 0.1) is 30.9 Å². The number of aromatic nitrogens is 2. The van der Waals surface area contributed by atoms with Crippen LogP contribution in [0.3, 0.4) is 0 Å². The Labute approximate surface area is 155 Å². The number of ether oxygens (including phenoxy) is 1. The topological polar surface area (TPSA) is 101 Å². The number of carbonyl (C=O) groups is 1. The molecule has 0 spiro atoms. The molecule has 1 aliphatic carbocycles. The highest BCUT2D eigenvalue weighted by molar-refractivity contribution is 7.89. The Kier molecular flexibility index (Phi) is 4.91. The molecule has 1 saturated heterocycles. The molecule has 1 aromatic heterocycles. The summed E-state index contributed by atoms with van der Waals surface area (Å²) in [6, 6.07) is 4.62. The molecule has 0 radical (unpaired) electrons. The van der Waals surface area contributed by atoms with Crippen molar-refractivity contribution >= 4 is 38.7 Å². The minimum Gasteiger partial charge on any atom is -0.378 e. The molecule has 2 fully saturated rings. The van der Waals surface area contributed by atoms with Crippen LogP contribution in [0.2, 0.25) is 0 Å². The smallest absolute Gasteiger partial charge is 0.245 e. The predicted octanol–water partition coefficient (Wildman–Crippen LogP) is 0.997. The molecule has 2 aromatic rings. The van der Waals surface area contributed by atoms with Gasteiger partial charge in [0.25, 0.3) is 0 Å². The molecule has 1 amide bonds. The second-order valence-corrected chi connectivity index (χ2v) is 8.90. The van der Waals surface area contributed by atoms with E-state index in [1.54, 1.807) is 18.2 Å². The minimum atomic E-state index is -3.83. The molecule has 26 heavy (non-hydrogen) atoms. The summed E-state index contributed by atoms with van der Waals surface area (Å²) in [5.74, 6) is -0.414. The predicted molar refractivity (Wildman–Crippen MR) is 96.3 cm³/mol. The maximum atomic E-state index is 13.5. The molecule has 1 saturated carbocycles. The summed E-state index contributed by atoms with van der Waals surface area (Å²) in [5, 5.41) is 2.85. The van der Waals surface area contributed by atoms with Crippen LogP contribution in [0.1, 0.15) is 19.3 Å². The quantitative estimate of drug-likeness (QED) is 0.813. The molecule has 2 unspecified atom stereocenters. The van der Waals surface area contributed by atoms with Crippen LogP contribution < -0.4 is 5.32 Å². The minimum absolute atomic E-state index is 0.0910. The van der Waals surface area contributed by atoms with Gasteiger partial charge in [-0.05, 0) is 25.0 Å². The fraction of sp³-hybridized carbons (Fsp3) is 0.562. The van der Waals surface area contributed by atoms with Gasteiger partial charge < -0.3 is 10.1 Å². The van der Waals surface area contributed by atoms with Crippen LogP contribution in [0.15, 0.2) is 23.1 Å². The Morgan fingerprint density at radius 2 is 2.12 bits per heavy atom. The van der Waals surface area contributed by atoms with Crippen LogP contribution in [0.25, 0.3) is 11.0 Å². The number of fused-ring (bicyclic) bond motifs is 2. The fourth-order valence-corrected chi connectivity index (χ4v) is 6.23. The largest absolute Gasteiger partial charge is 0.378 e. The summed E-state index contributed by atoms with van der Waals surface area (Å²) in [6.45, 7) is 1.36. The Hall–Kier alpha value is -1.62. The van der Waals surface area contributed by atoms with E-state index in [1.165, 1.54) is 4.31 Å². The number of hydrogen-bond donors (Lipinski definition) is 1. The number of benzene rings is 1. The Bertz CT molecular complexity index is 914. The summed E-state index contributed by atoms with van der Waals surface area (Å²) in [4.78, 5) is 12.6. The van der Waals surface area contributed by atoms with E-state index in [1.807, 2.05) is 0 Å². The molecule has 1 aromatic carbocycles. The first-order chi connectivity index (χ1) is 12.6. The van der Waals surface area contributed by atoms with E-state index >= 15 is 0 Å². The molecular formula is C16H20N4O4S2. The number of carbonyl (C=O) groups excluding carboxylic acids is 1. The van der Waals surface area contributed by atoms with Crippen LogP contribution in [0.5, 0.6) is 0 Å². The van der Waals surface area contributed by atoms with Crippen molar-refractivity contribution in [2.24, 2.45) is 5.92 Å². The molecule has 2 heterocycles. The summed E-state index contributed by atoms with van der Waals surface area (Å²) in [5.41, 5.74) is 0.948. The average Bonchev–Trinajstić information content (AvgIpc) is 3.29. The zero-order chi connectivity index (χ0) is 18.1. The van der Waals surface area contributed by atoms with Crippen molar-refractivity contribution in [1.29, 1.82) is 0 Å². The second kappa shape index (κ2) is 7.18. The van der Waals surface area contributed by atoms with Gasteiger partial charge >= 0.3 is 0 Å². The lowest BCUT2D eigenvalue weighted by molar-refractivity contribution is -0.126. The molecule has 8 nitrogen and oxygen atoms in total. The van der Waals surface area contributed by atoms with Gasteiger partial charge in [-0.3, -0.25) is 4.79 Å². The van der Waals surface area contributed by atoms with Crippen LogP contribution >= 0.6 is 11.7 Å². The van der Waals surface area contributed by atoms with E-state index in [0.717, 1.165) is 18.1 Å². The van der Waals surface area contributed by atoms with Gasteiger partial charge in [-0.1, -0.05) is 12.5 Å². The van der Waals surface area contributed by atoms with E-state index < -0.39 is 10.0 Å². The van der Waals surface area contributed by atoms with Crippen molar-refractivity contribution in [3.63, 3.8) is 0 Å². The summed E-state index contributed by atoms with van der Waals surface area (Å²) in [6.07, 6.45) is 2.20. The Morgan fingerprint density at radius 3 is 3.00 bits per heavy atom. The molecule has 2 aliphatic rings. The lowest BCUT2D eigenvalue weighted by atomic mass is 10.0. The van der Waals surface area contributed by atoms with Gasteiger partial charge in [-0.2, -0.15) is 13.1 Å². The first-order valence-corrected chi connectivity index (χ1v) is 10.8. The van der Waals surface area contributed by atoms with Crippen molar-refractivity contribution in [3.05, 3.63) is 18.2 Å². The van der Waals surface area contributed by atoms with E-state index in [4.69, 9.17) is 4.74 Å². The number of rotatable bonds is 2. The fourth-order valence-electron chi connectivity index (χ4n) is 3.81. The summed E-state index contributed by atoms with van der Waals surface area (Å²) >= 11 is 0.991. The second-order valence-electron chi connectivity index (χ2n) is 6.51. The third-order valence-electron chi connectivity index (χ3n) is 5.02. The summed E-state index contributed by atoms with van der Waals surface area (Å²) < 4.78 is 42.2. The monoisotopic (exact) mass is 396 g/mol. The van der Waals surface area contributed by atoms with Gasteiger partial charge in [0.15, 0.2) is 0 Å². The van der Waals surface area contributed by atoms with Crippen molar-refractivity contribution in [2.45, 2.75) is 30.2 Å². The lowest BCUT2D eigenvalue weighted by Gasteiger charge is -2.32. The first-order valence-electron chi connectivity index (χ1n) is 8.67. The van der Waals surface area contributed by atoms with E-state index in [-0.39, 0.29) is 29.3 Å².